The van der Waals surface area contributed by atoms with Gasteiger partial charge in [-0.1, -0.05) is 50.9 Å². The van der Waals surface area contributed by atoms with Crippen molar-refractivity contribution in [3.05, 3.63) is 58.3 Å². The molecular weight excluding hydrogens is 558 g/mol. The third-order valence-electron chi connectivity index (χ3n) is 7.97. The van der Waals surface area contributed by atoms with Crippen LogP contribution in [0.15, 0.2) is 47.7 Å². The van der Waals surface area contributed by atoms with E-state index in [0.717, 1.165) is 25.9 Å². The first kappa shape index (κ1) is 30.2. The number of para-hydroxylation sites is 1. The van der Waals surface area contributed by atoms with Crippen molar-refractivity contribution < 1.29 is 28.9 Å². The van der Waals surface area contributed by atoms with E-state index in [-0.39, 0.29) is 23.6 Å². The molecule has 10 heteroatoms. The quantitative estimate of drug-likeness (QED) is 0.270. The van der Waals surface area contributed by atoms with Gasteiger partial charge in [0.25, 0.3) is 0 Å². The molecule has 1 amide bonds. The van der Waals surface area contributed by atoms with E-state index in [9.17, 15) is 14.7 Å². The fraction of sp³-hybridized carbons (Fsp3) is 0.500. The van der Waals surface area contributed by atoms with Gasteiger partial charge in [0.05, 0.1) is 31.5 Å². The number of allylic oxidation sites excluding steroid dienone is 1. The number of anilines is 2. The average molecular weight is 598 g/mol. The zero-order valence-electron chi connectivity index (χ0n) is 24.6. The summed E-state index contributed by atoms with van der Waals surface area (Å²) in [5.41, 5.74) is 2.10. The number of phenols is 1. The molecule has 0 bridgehead atoms. The topological polar surface area (TPSA) is 101 Å². The first-order chi connectivity index (χ1) is 20.2. The predicted octanol–water partition coefficient (Wildman–Crippen LogP) is 6.31. The lowest BCUT2D eigenvalue weighted by Crippen LogP contribution is -2.42. The van der Waals surface area contributed by atoms with Crippen LogP contribution in [0.4, 0.5) is 16.2 Å². The predicted molar refractivity (Wildman–Crippen MR) is 162 cm³/mol. The first-order valence-corrected chi connectivity index (χ1v) is 15.1. The Kier molecular flexibility index (Phi) is 9.30. The lowest BCUT2D eigenvalue weighted by molar-refractivity contribution is -0.118. The maximum absolute atomic E-state index is 14.1. The van der Waals surface area contributed by atoms with E-state index in [1.165, 1.54) is 4.90 Å². The van der Waals surface area contributed by atoms with Gasteiger partial charge in [0, 0.05) is 42.3 Å². The number of hydrogen-bond acceptors (Lipinski definition) is 8. The molecule has 226 valence electrons. The third kappa shape index (κ3) is 6.53. The van der Waals surface area contributed by atoms with Crippen molar-refractivity contribution >= 4 is 34.9 Å². The molecule has 0 saturated carbocycles. The molecule has 42 heavy (non-hydrogen) atoms. The highest BCUT2D eigenvalue weighted by atomic mass is 35.5. The van der Waals surface area contributed by atoms with Crippen LogP contribution in [0.2, 0.25) is 5.02 Å². The van der Waals surface area contributed by atoms with Crippen molar-refractivity contribution in [3.63, 3.8) is 0 Å². The molecule has 1 saturated heterocycles. The Morgan fingerprint density at radius 2 is 1.95 bits per heavy atom. The molecule has 9 nitrogen and oxygen atoms in total. The van der Waals surface area contributed by atoms with Gasteiger partial charge >= 0.3 is 6.09 Å². The molecule has 1 unspecified atom stereocenters. The van der Waals surface area contributed by atoms with Gasteiger partial charge in [-0.15, -0.1) is 0 Å². The second-order valence-corrected chi connectivity index (χ2v) is 12.3. The number of nitrogens with one attached hydrogen (secondary N) is 1. The molecule has 2 aromatic rings. The number of nitrogens with zero attached hydrogens (tertiary/aromatic N) is 2. The number of hydrogen-bond donors (Lipinski definition) is 2. The standard InChI is InChI=1S/C32H40ClN3O6/c1-4-5-14-41-21-9-10-22(23(33)18-21)30-28-24(19-32(2,3)20-27(28)38)34-29-25(7-6-8-26(29)37)36(30)31(39)42-17-13-35-11-15-40-16-12-35/h6-10,18,30,34,37H,4-5,11-17,19-20H2,1-3H3. The van der Waals surface area contributed by atoms with Crippen LogP contribution in [-0.4, -0.2) is 67.9 Å². The Morgan fingerprint density at radius 1 is 1.17 bits per heavy atom. The Balaban J connectivity index is 1.58. The van der Waals surface area contributed by atoms with Crippen LogP contribution in [-0.2, 0) is 14.3 Å². The van der Waals surface area contributed by atoms with Crippen molar-refractivity contribution in [3.8, 4) is 11.5 Å². The van der Waals surface area contributed by atoms with Crippen molar-refractivity contribution in [1.82, 2.24) is 4.90 Å². The highest BCUT2D eigenvalue weighted by Gasteiger charge is 2.45. The molecule has 1 aliphatic carbocycles. The molecule has 0 radical (unpaired) electrons. The van der Waals surface area contributed by atoms with Gasteiger partial charge in [-0.2, -0.15) is 0 Å². The van der Waals surface area contributed by atoms with Gasteiger partial charge in [-0.3, -0.25) is 14.6 Å². The number of amides is 1. The third-order valence-corrected chi connectivity index (χ3v) is 8.30. The molecule has 1 atom stereocenters. The summed E-state index contributed by atoms with van der Waals surface area (Å²) in [7, 11) is 0. The van der Waals surface area contributed by atoms with Crippen molar-refractivity contribution in [2.75, 3.05) is 56.3 Å². The van der Waals surface area contributed by atoms with E-state index in [1.54, 1.807) is 24.3 Å². The number of phenolic OH excluding ortho intramolecular Hbond substituents is 1. The van der Waals surface area contributed by atoms with Gasteiger partial charge in [-0.05, 0) is 48.1 Å². The maximum Gasteiger partial charge on any atom is 0.415 e. The first-order valence-electron chi connectivity index (χ1n) is 14.7. The fourth-order valence-corrected chi connectivity index (χ4v) is 6.12. The summed E-state index contributed by atoms with van der Waals surface area (Å²) in [5.74, 6) is 0.496. The number of benzene rings is 2. The van der Waals surface area contributed by atoms with Gasteiger partial charge in [0.1, 0.15) is 23.8 Å². The van der Waals surface area contributed by atoms with Crippen LogP contribution in [0.5, 0.6) is 11.5 Å². The summed E-state index contributed by atoms with van der Waals surface area (Å²) in [6.45, 7) is 10.3. The van der Waals surface area contributed by atoms with Gasteiger partial charge in [0.15, 0.2) is 5.78 Å². The highest BCUT2D eigenvalue weighted by molar-refractivity contribution is 6.31. The van der Waals surface area contributed by atoms with E-state index in [4.69, 9.17) is 25.8 Å². The number of rotatable bonds is 8. The monoisotopic (exact) mass is 597 g/mol. The second-order valence-electron chi connectivity index (χ2n) is 11.9. The molecule has 0 aromatic heterocycles. The zero-order chi connectivity index (χ0) is 29.9. The van der Waals surface area contributed by atoms with Crippen LogP contribution >= 0.6 is 11.6 Å². The van der Waals surface area contributed by atoms with Crippen LogP contribution in [0.25, 0.3) is 0 Å². The van der Waals surface area contributed by atoms with E-state index >= 15 is 0 Å². The number of aromatic hydroxyl groups is 1. The average Bonchev–Trinajstić information content (AvgIpc) is 3.08. The van der Waals surface area contributed by atoms with Crippen molar-refractivity contribution in [1.29, 1.82) is 0 Å². The molecule has 0 spiro atoms. The number of fused-ring (bicyclic) bond motifs is 1. The minimum Gasteiger partial charge on any atom is -0.506 e. The summed E-state index contributed by atoms with van der Waals surface area (Å²) >= 11 is 6.92. The number of Topliss-reactive ketones (excluding diaryl/α,β-unsaturated/α-hetero) is 1. The molecule has 5 rings (SSSR count). The molecule has 1 fully saturated rings. The lowest BCUT2D eigenvalue weighted by atomic mass is 9.73. The van der Waals surface area contributed by atoms with Crippen molar-refractivity contribution in [2.24, 2.45) is 5.41 Å². The molecule has 2 aliphatic heterocycles. The highest BCUT2D eigenvalue weighted by Crippen LogP contribution is 2.51. The number of ether oxygens (including phenoxy) is 3. The minimum absolute atomic E-state index is 0.0345. The van der Waals surface area contributed by atoms with Crippen molar-refractivity contribution in [2.45, 2.75) is 52.5 Å². The largest absolute Gasteiger partial charge is 0.506 e. The Morgan fingerprint density at radius 3 is 2.69 bits per heavy atom. The molecule has 2 aromatic carbocycles. The SMILES string of the molecule is CCCCOc1ccc(C2C3=C(CC(C)(C)CC3=O)Nc3c(O)cccc3N2C(=O)OCCN2CCOCC2)c(Cl)c1. The Labute approximate surface area is 252 Å². The van der Waals surface area contributed by atoms with Gasteiger partial charge in [-0.25, -0.2) is 4.79 Å². The Bertz CT molecular complexity index is 1350. The van der Waals surface area contributed by atoms with E-state index in [0.29, 0.717) is 78.2 Å². The lowest BCUT2D eigenvalue weighted by Gasteiger charge is -2.37. The normalized spacial score (nSPS) is 20.3. The summed E-state index contributed by atoms with van der Waals surface area (Å²) in [6.07, 6.45) is 2.15. The van der Waals surface area contributed by atoms with Gasteiger partial charge < -0.3 is 24.6 Å². The number of morpholine rings is 1. The summed E-state index contributed by atoms with van der Waals surface area (Å²) in [5, 5.41) is 14.7. The number of ketones is 1. The fourth-order valence-electron chi connectivity index (χ4n) is 5.85. The summed E-state index contributed by atoms with van der Waals surface area (Å²) in [6, 6.07) is 9.44. The van der Waals surface area contributed by atoms with Crippen LogP contribution in [0.3, 0.4) is 0 Å². The summed E-state index contributed by atoms with van der Waals surface area (Å²) < 4.78 is 17.2. The van der Waals surface area contributed by atoms with E-state index in [2.05, 4.69) is 17.1 Å². The van der Waals surface area contributed by atoms with Crippen LogP contribution in [0.1, 0.15) is 58.1 Å². The zero-order valence-corrected chi connectivity index (χ0v) is 25.3. The number of carbonyl (C=O) groups is 2. The molecular formula is C32H40ClN3O6. The smallest absolute Gasteiger partial charge is 0.415 e. The second kappa shape index (κ2) is 12.9. The van der Waals surface area contributed by atoms with E-state index in [1.807, 2.05) is 26.0 Å². The molecule has 2 heterocycles. The number of unbranched alkanes of at least 4 members (excludes halogenated alkanes) is 1. The maximum atomic E-state index is 14.1. The number of carbonyl (C=O) groups excluding carboxylic acids is 2. The van der Waals surface area contributed by atoms with Gasteiger partial charge in [0.2, 0.25) is 0 Å². The minimum atomic E-state index is -0.882. The van der Waals surface area contributed by atoms with E-state index < -0.39 is 12.1 Å². The molecule has 3 aliphatic rings. The van der Waals surface area contributed by atoms with Crippen LogP contribution < -0.4 is 15.0 Å². The van der Waals surface area contributed by atoms with Crippen LogP contribution in [0, 0.1) is 5.41 Å². The Hall–Kier alpha value is -3.27. The summed E-state index contributed by atoms with van der Waals surface area (Å²) in [4.78, 5) is 31.6. The number of halogens is 1. The molecule has 2 N–H and O–H groups in total.